The Bertz CT molecular complexity index is 456. The fraction of sp³-hybridized carbons (Fsp3) is 0.200. The van der Waals surface area contributed by atoms with E-state index in [9.17, 15) is 13.2 Å². The minimum atomic E-state index is -4.43. The van der Waals surface area contributed by atoms with Gasteiger partial charge in [0.1, 0.15) is 5.75 Å². The summed E-state index contributed by atoms with van der Waals surface area (Å²) in [5, 5.41) is 0.156. The lowest BCUT2D eigenvalue weighted by atomic mass is 10.1. The van der Waals surface area contributed by atoms with E-state index in [1.165, 1.54) is 12.1 Å². The SMILES string of the molecule is FC(F)(F)C1C=Cc2cc(Br)cc(Cl)c2O1. The molecule has 0 saturated heterocycles. The number of halogens is 5. The van der Waals surface area contributed by atoms with Crippen LogP contribution in [0.5, 0.6) is 5.75 Å². The largest absolute Gasteiger partial charge is 0.475 e. The van der Waals surface area contributed by atoms with Gasteiger partial charge < -0.3 is 4.74 Å². The molecule has 0 radical (unpaired) electrons. The van der Waals surface area contributed by atoms with Crippen LogP contribution in [0, 0.1) is 0 Å². The zero-order chi connectivity index (χ0) is 11.9. The molecule has 1 aliphatic heterocycles. The molecule has 1 unspecified atom stereocenters. The second-order valence-electron chi connectivity index (χ2n) is 3.25. The molecule has 2 rings (SSSR count). The standard InChI is InChI=1S/C10H5BrClF3O/c11-6-3-5-1-2-8(10(13,14)15)16-9(5)7(12)4-6/h1-4,8H. The number of rotatable bonds is 0. The quantitative estimate of drug-likeness (QED) is 0.688. The predicted molar refractivity (Wildman–Crippen MR) is 58.7 cm³/mol. The van der Waals surface area contributed by atoms with E-state index in [0.717, 1.165) is 6.08 Å². The second-order valence-corrected chi connectivity index (χ2v) is 4.57. The Morgan fingerprint density at radius 3 is 2.62 bits per heavy atom. The van der Waals surface area contributed by atoms with Crippen molar-refractivity contribution >= 4 is 33.6 Å². The molecular formula is C10H5BrClF3O. The van der Waals surface area contributed by atoms with Crippen LogP contribution in [-0.2, 0) is 0 Å². The van der Waals surface area contributed by atoms with Crippen LogP contribution in [0.15, 0.2) is 22.7 Å². The van der Waals surface area contributed by atoms with Gasteiger partial charge >= 0.3 is 6.18 Å². The first-order valence-corrected chi connectivity index (χ1v) is 5.45. The summed E-state index contributed by atoms with van der Waals surface area (Å²) in [7, 11) is 0. The Balaban J connectivity index is 2.42. The summed E-state index contributed by atoms with van der Waals surface area (Å²) >= 11 is 9.01. The molecule has 1 aromatic rings. The van der Waals surface area contributed by atoms with Crippen molar-refractivity contribution in [3.8, 4) is 5.75 Å². The van der Waals surface area contributed by atoms with Gasteiger partial charge in [-0.05, 0) is 18.2 Å². The Labute approximate surface area is 103 Å². The summed E-state index contributed by atoms with van der Waals surface area (Å²) in [5.74, 6) is 0.0645. The van der Waals surface area contributed by atoms with Crippen LogP contribution in [0.3, 0.4) is 0 Å². The van der Waals surface area contributed by atoms with Crippen LogP contribution in [-0.4, -0.2) is 12.3 Å². The first-order chi connectivity index (χ1) is 7.38. The molecule has 0 fully saturated rings. The highest BCUT2D eigenvalue weighted by Crippen LogP contribution is 2.39. The van der Waals surface area contributed by atoms with E-state index in [2.05, 4.69) is 15.9 Å². The summed E-state index contributed by atoms with van der Waals surface area (Å²) in [6, 6.07) is 3.14. The third kappa shape index (κ3) is 2.20. The highest BCUT2D eigenvalue weighted by molar-refractivity contribution is 9.10. The zero-order valence-electron chi connectivity index (χ0n) is 7.68. The van der Waals surface area contributed by atoms with Crippen LogP contribution < -0.4 is 4.74 Å². The van der Waals surface area contributed by atoms with E-state index in [-0.39, 0.29) is 10.8 Å². The topological polar surface area (TPSA) is 9.23 Å². The van der Waals surface area contributed by atoms with E-state index in [0.29, 0.717) is 10.0 Å². The molecule has 16 heavy (non-hydrogen) atoms. The van der Waals surface area contributed by atoms with Crippen LogP contribution in [0.1, 0.15) is 5.56 Å². The Kier molecular flexibility index (Phi) is 2.92. The number of hydrogen-bond donors (Lipinski definition) is 0. The smallest absolute Gasteiger partial charge is 0.429 e. The van der Waals surface area contributed by atoms with Gasteiger partial charge in [0.2, 0.25) is 6.10 Å². The molecule has 6 heteroatoms. The minimum absolute atomic E-state index is 0.0645. The molecule has 1 atom stereocenters. The highest BCUT2D eigenvalue weighted by Gasteiger charge is 2.41. The molecule has 86 valence electrons. The number of alkyl halides is 3. The molecule has 0 N–H and O–H groups in total. The van der Waals surface area contributed by atoms with Gasteiger partial charge in [-0.1, -0.05) is 33.6 Å². The average molecular weight is 314 g/mol. The van der Waals surface area contributed by atoms with Crippen molar-refractivity contribution in [3.63, 3.8) is 0 Å². The van der Waals surface area contributed by atoms with Crippen LogP contribution in [0.25, 0.3) is 6.08 Å². The zero-order valence-corrected chi connectivity index (χ0v) is 10.0. The molecule has 0 aromatic heterocycles. The Morgan fingerprint density at radius 2 is 2.00 bits per heavy atom. The normalized spacial score (nSPS) is 19.2. The summed E-state index contributed by atoms with van der Waals surface area (Å²) in [6.45, 7) is 0. The fourth-order valence-electron chi connectivity index (χ4n) is 1.36. The average Bonchev–Trinajstić information content (AvgIpc) is 2.15. The molecule has 0 aliphatic carbocycles. The van der Waals surface area contributed by atoms with Crippen molar-refractivity contribution < 1.29 is 17.9 Å². The van der Waals surface area contributed by atoms with E-state index in [1.54, 1.807) is 6.07 Å². The first kappa shape index (κ1) is 11.8. The maximum Gasteiger partial charge on any atom is 0.429 e. The number of benzene rings is 1. The molecule has 0 amide bonds. The van der Waals surface area contributed by atoms with Gasteiger partial charge in [0, 0.05) is 10.0 Å². The number of ether oxygens (including phenoxy) is 1. The third-order valence-electron chi connectivity index (χ3n) is 2.06. The number of hydrogen-bond acceptors (Lipinski definition) is 1. The minimum Gasteiger partial charge on any atom is -0.475 e. The lowest BCUT2D eigenvalue weighted by Gasteiger charge is -2.24. The van der Waals surface area contributed by atoms with Crippen LogP contribution >= 0.6 is 27.5 Å². The fourth-order valence-corrected chi connectivity index (χ4v) is 2.24. The molecule has 0 spiro atoms. The summed E-state index contributed by atoms with van der Waals surface area (Å²) < 4.78 is 42.8. The van der Waals surface area contributed by atoms with E-state index < -0.39 is 12.3 Å². The van der Waals surface area contributed by atoms with Crippen LogP contribution in [0.4, 0.5) is 13.2 Å². The van der Waals surface area contributed by atoms with E-state index >= 15 is 0 Å². The van der Waals surface area contributed by atoms with Crippen molar-refractivity contribution in [3.05, 3.63) is 33.3 Å². The van der Waals surface area contributed by atoms with Gasteiger partial charge in [-0.2, -0.15) is 13.2 Å². The molecular weight excluding hydrogens is 308 g/mol. The maximum absolute atomic E-state index is 12.4. The number of fused-ring (bicyclic) bond motifs is 1. The second kappa shape index (κ2) is 3.96. The Hall–Kier alpha value is -0.680. The van der Waals surface area contributed by atoms with Gasteiger partial charge in [-0.25, -0.2) is 0 Å². The lowest BCUT2D eigenvalue weighted by Crippen LogP contribution is -2.33. The molecule has 0 saturated carbocycles. The summed E-state index contributed by atoms with van der Waals surface area (Å²) in [6.07, 6.45) is -4.04. The van der Waals surface area contributed by atoms with Crippen molar-refractivity contribution in [2.24, 2.45) is 0 Å². The van der Waals surface area contributed by atoms with Crippen molar-refractivity contribution in [2.75, 3.05) is 0 Å². The molecule has 1 nitrogen and oxygen atoms in total. The Morgan fingerprint density at radius 1 is 1.31 bits per heavy atom. The predicted octanol–water partition coefficient (Wildman–Crippen LogP) is 4.44. The molecule has 1 aliphatic rings. The van der Waals surface area contributed by atoms with Gasteiger partial charge in [0.25, 0.3) is 0 Å². The highest BCUT2D eigenvalue weighted by atomic mass is 79.9. The molecule has 1 heterocycles. The molecule has 1 aromatic carbocycles. The summed E-state index contributed by atoms with van der Waals surface area (Å²) in [4.78, 5) is 0. The lowest BCUT2D eigenvalue weighted by molar-refractivity contribution is -0.180. The van der Waals surface area contributed by atoms with Gasteiger partial charge in [-0.15, -0.1) is 0 Å². The van der Waals surface area contributed by atoms with Crippen molar-refractivity contribution in [1.29, 1.82) is 0 Å². The maximum atomic E-state index is 12.4. The van der Waals surface area contributed by atoms with E-state index in [4.69, 9.17) is 16.3 Å². The van der Waals surface area contributed by atoms with Gasteiger partial charge in [-0.3, -0.25) is 0 Å². The van der Waals surface area contributed by atoms with Gasteiger partial charge in [0.05, 0.1) is 5.02 Å². The third-order valence-corrected chi connectivity index (χ3v) is 2.79. The van der Waals surface area contributed by atoms with Crippen LogP contribution in [0.2, 0.25) is 5.02 Å². The van der Waals surface area contributed by atoms with E-state index in [1.807, 2.05) is 0 Å². The molecule has 0 bridgehead atoms. The summed E-state index contributed by atoms with van der Waals surface area (Å²) in [5.41, 5.74) is 0.528. The van der Waals surface area contributed by atoms with Gasteiger partial charge in [0.15, 0.2) is 0 Å². The van der Waals surface area contributed by atoms with Crippen molar-refractivity contribution in [1.82, 2.24) is 0 Å². The monoisotopic (exact) mass is 312 g/mol. The first-order valence-electron chi connectivity index (χ1n) is 4.28. The van der Waals surface area contributed by atoms with Crippen molar-refractivity contribution in [2.45, 2.75) is 12.3 Å².